The van der Waals surface area contributed by atoms with Crippen LogP contribution in [-0.2, 0) is 19.1 Å². The van der Waals surface area contributed by atoms with Crippen molar-refractivity contribution in [3.63, 3.8) is 0 Å². The fraction of sp³-hybridized carbons (Fsp3) is 0.400. The first-order valence-electron chi connectivity index (χ1n) is 19.0. The molecule has 0 aromatic heterocycles. The molecule has 2 aliphatic rings. The molecule has 0 amide bonds. The highest BCUT2D eigenvalue weighted by Crippen LogP contribution is 2.39. The van der Waals surface area contributed by atoms with Gasteiger partial charge in [0.25, 0.3) is 0 Å². The van der Waals surface area contributed by atoms with Gasteiger partial charge in [0.2, 0.25) is 0 Å². The monoisotopic (exact) mass is 731 g/mol. The number of benzene rings is 3. The maximum atomic E-state index is 13.2. The second-order valence-corrected chi connectivity index (χ2v) is 14.3. The predicted molar refractivity (Wildman–Crippen MR) is 204 cm³/mol. The Balaban J connectivity index is 1.11. The zero-order chi connectivity index (χ0) is 38.3. The van der Waals surface area contributed by atoms with Crippen LogP contribution in [0.2, 0.25) is 0 Å². The minimum absolute atomic E-state index is 0.0127. The molecule has 282 valence electrons. The first kappa shape index (κ1) is 39.7. The first-order valence-corrected chi connectivity index (χ1v) is 19.0. The first-order chi connectivity index (χ1) is 26.3. The van der Waals surface area contributed by atoms with Gasteiger partial charge in [-0.05, 0) is 148 Å². The Hall–Kier alpha value is -5.49. The number of hydrogen-bond acceptors (Lipinski definition) is 9. The molecule has 0 heterocycles. The Labute approximate surface area is 318 Å². The topological polar surface area (TPSA) is 129 Å². The lowest BCUT2D eigenvalue weighted by atomic mass is 9.77. The highest BCUT2D eigenvalue weighted by molar-refractivity contribution is 5.93. The van der Waals surface area contributed by atoms with Crippen molar-refractivity contribution in [3.8, 4) is 17.6 Å². The van der Waals surface area contributed by atoms with E-state index in [1.165, 1.54) is 41.5 Å². The van der Waals surface area contributed by atoms with Crippen molar-refractivity contribution in [1.29, 1.82) is 5.26 Å². The number of nitriles is 1. The zero-order valence-electron chi connectivity index (χ0n) is 30.8. The van der Waals surface area contributed by atoms with E-state index in [2.05, 4.69) is 13.2 Å². The van der Waals surface area contributed by atoms with Gasteiger partial charge in [-0.1, -0.05) is 37.4 Å². The van der Waals surface area contributed by atoms with Crippen LogP contribution in [0.5, 0.6) is 11.5 Å². The summed E-state index contributed by atoms with van der Waals surface area (Å²) in [5.41, 5.74) is 3.32. The van der Waals surface area contributed by atoms with E-state index in [9.17, 15) is 24.4 Å². The molecule has 9 heteroatoms. The molecule has 0 spiro atoms. The molecule has 2 fully saturated rings. The predicted octanol–water partition coefficient (Wildman–Crippen LogP) is 9.56. The summed E-state index contributed by atoms with van der Waals surface area (Å²) >= 11 is 0. The second kappa shape index (κ2) is 20.1. The summed E-state index contributed by atoms with van der Waals surface area (Å²) in [6.07, 6.45) is 14.8. The van der Waals surface area contributed by atoms with Gasteiger partial charge >= 0.3 is 23.9 Å². The van der Waals surface area contributed by atoms with Crippen LogP contribution >= 0.6 is 0 Å². The van der Waals surface area contributed by atoms with E-state index in [0.29, 0.717) is 48.0 Å². The van der Waals surface area contributed by atoms with Crippen molar-refractivity contribution in [2.75, 3.05) is 13.2 Å². The third kappa shape index (κ3) is 11.5. The minimum Gasteiger partial charge on any atom is -0.463 e. The summed E-state index contributed by atoms with van der Waals surface area (Å²) in [4.78, 5) is 48.9. The normalized spacial score (nSPS) is 19.4. The Morgan fingerprint density at radius 2 is 1.04 bits per heavy atom. The van der Waals surface area contributed by atoms with Crippen LogP contribution < -0.4 is 9.47 Å². The quantitative estimate of drug-likeness (QED) is 0.0612. The lowest BCUT2D eigenvalue weighted by Crippen LogP contribution is -2.15. The molecule has 0 N–H and O–H groups in total. The van der Waals surface area contributed by atoms with Crippen molar-refractivity contribution >= 4 is 23.9 Å². The third-order valence-corrected chi connectivity index (χ3v) is 10.7. The number of carbonyl (C=O) groups excluding carboxylic acids is 4. The van der Waals surface area contributed by atoms with Crippen molar-refractivity contribution in [1.82, 2.24) is 0 Å². The highest BCUT2D eigenvalue weighted by atomic mass is 16.6. The van der Waals surface area contributed by atoms with Crippen molar-refractivity contribution in [2.45, 2.75) is 88.9 Å². The van der Waals surface area contributed by atoms with Crippen LogP contribution in [0.1, 0.15) is 126 Å². The summed E-state index contributed by atoms with van der Waals surface area (Å²) in [6.45, 7) is 7.68. The Morgan fingerprint density at radius 3 is 1.44 bits per heavy atom. The fourth-order valence-electron chi connectivity index (χ4n) is 7.62. The van der Waals surface area contributed by atoms with Gasteiger partial charge in [-0.3, -0.25) is 0 Å². The van der Waals surface area contributed by atoms with Crippen molar-refractivity contribution < 1.29 is 38.1 Å². The molecule has 0 radical (unpaired) electrons. The van der Waals surface area contributed by atoms with Gasteiger partial charge in [-0.15, -0.1) is 0 Å². The number of nitrogens with zero attached hydrogens (tertiary/aromatic N) is 1. The molecule has 2 aliphatic carbocycles. The van der Waals surface area contributed by atoms with Crippen LogP contribution in [0.3, 0.4) is 0 Å². The van der Waals surface area contributed by atoms with E-state index in [-0.39, 0.29) is 29.0 Å². The molecule has 2 saturated carbocycles. The van der Waals surface area contributed by atoms with Crippen LogP contribution in [0.4, 0.5) is 0 Å². The van der Waals surface area contributed by atoms with Gasteiger partial charge in [0.15, 0.2) is 11.5 Å². The van der Waals surface area contributed by atoms with Gasteiger partial charge in [0.05, 0.1) is 36.0 Å². The van der Waals surface area contributed by atoms with E-state index in [4.69, 9.17) is 18.9 Å². The fourth-order valence-corrected chi connectivity index (χ4v) is 7.62. The largest absolute Gasteiger partial charge is 0.463 e. The number of rotatable bonds is 16. The average Bonchev–Trinajstić information content (AvgIpc) is 3.22. The Bertz CT molecular complexity index is 1810. The van der Waals surface area contributed by atoms with Gasteiger partial charge in [0, 0.05) is 18.2 Å². The van der Waals surface area contributed by atoms with Gasteiger partial charge in [-0.2, -0.15) is 5.26 Å². The van der Waals surface area contributed by atoms with Gasteiger partial charge < -0.3 is 18.9 Å². The second-order valence-electron chi connectivity index (χ2n) is 14.3. The number of ether oxygens (including phenoxy) is 4. The van der Waals surface area contributed by atoms with Gasteiger partial charge in [-0.25, -0.2) is 19.2 Å². The molecule has 54 heavy (non-hydrogen) atoms. The number of carbonyl (C=O) groups is 4. The summed E-state index contributed by atoms with van der Waals surface area (Å²) in [7, 11) is 0. The Kier molecular flexibility index (Phi) is 14.8. The maximum absolute atomic E-state index is 13.2. The number of hydrogen-bond donors (Lipinski definition) is 0. The molecular formula is C45H49NO8. The van der Waals surface area contributed by atoms with E-state index in [1.54, 1.807) is 24.3 Å². The van der Waals surface area contributed by atoms with Crippen molar-refractivity contribution in [2.24, 2.45) is 11.8 Å². The highest BCUT2D eigenvalue weighted by Gasteiger charge is 2.25. The minimum atomic E-state index is -0.620. The van der Waals surface area contributed by atoms with Crippen LogP contribution in [0.15, 0.2) is 92.0 Å². The van der Waals surface area contributed by atoms with Gasteiger partial charge in [0.1, 0.15) is 0 Å². The van der Waals surface area contributed by atoms with E-state index in [0.717, 1.165) is 77.0 Å². The molecule has 0 atom stereocenters. The molecule has 0 saturated heterocycles. The zero-order valence-corrected chi connectivity index (χ0v) is 30.8. The third-order valence-electron chi connectivity index (χ3n) is 10.7. The molecular weight excluding hydrogens is 682 g/mol. The smallest absolute Gasteiger partial charge is 0.343 e. The SMILES string of the molecule is C=CC(=O)OCCCC1CCC(c2ccc(C(=O)Oc3ccc(C#N)cc3OC(=O)c3ccc(C4CCC(CCCOC(=O)C=C)CC4)cc3)cc2)CC1. The lowest BCUT2D eigenvalue weighted by molar-refractivity contribution is -0.138. The molecule has 9 nitrogen and oxygen atoms in total. The molecule has 0 bridgehead atoms. The molecule has 0 aliphatic heterocycles. The van der Waals surface area contributed by atoms with Crippen molar-refractivity contribution in [3.05, 3.63) is 120 Å². The summed E-state index contributed by atoms with van der Waals surface area (Å²) < 4.78 is 21.6. The van der Waals surface area contributed by atoms with Crippen LogP contribution in [0.25, 0.3) is 0 Å². The molecule has 3 aromatic rings. The van der Waals surface area contributed by atoms with Crippen LogP contribution in [0, 0.1) is 23.2 Å². The summed E-state index contributed by atoms with van der Waals surface area (Å²) in [5.74, 6) is 0.0995. The average molecular weight is 732 g/mol. The van der Waals surface area contributed by atoms with E-state index in [1.807, 2.05) is 30.3 Å². The molecule has 5 rings (SSSR count). The summed E-state index contributed by atoms with van der Waals surface area (Å²) in [6, 6.07) is 21.3. The maximum Gasteiger partial charge on any atom is 0.343 e. The molecule has 0 unspecified atom stereocenters. The number of esters is 4. The van der Waals surface area contributed by atoms with E-state index >= 15 is 0 Å². The Morgan fingerprint density at radius 1 is 0.611 bits per heavy atom. The molecule has 3 aromatic carbocycles. The lowest BCUT2D eigenvalue weighted by Gasteiger charge is -2.29. The van der Waals surface area contributed by atoms with Crippen LogP contribution in [-0.4, -0.2) is 37.1 Å². The standard InChI is InChI=1S/C45H49NO8/c1-3-42(47)51-27-5-7-31-9-14-34(15-10-31)36-18-22-38(23-19-36)44(49)53-40-26-13-33(30-46)29-41(40)54-45(50)39-24-20-37(21-25-39)35-16-11-32(12-17-35)8-6-28-52-43(48)4-2/h3-4,13,18-26,29,31-32,34-35H,1-2,5-12,14-17,27-28H2. The summed E-state index contributed by atoms with van der Waals surface area (Å²) in [5, 5.41) is 9.50. The van der Waals surface area contributed by atoms with E-state index < -0.39 is 11.9 Å².